The maximum atomic E-state index is 12.3. The monoisotopic (exact) mass is 351 g/mol. The van der Waals surface area contributed by atoms with Gasteiger partial charge in [-0.15, -0.1) is 11.3 Å². The Morgan fingerprint density at radius 1 is 1.21 bits per heavy atom. The number of esters is 1. The van der Waals surface area contributed by atoms with Crippen LogP contribution in [0.5, 0.6) is 0 Å². The molecule has 0 saturated carbocycles. The number of nitrogens with zero attached hydrogens (tertiary/aromatic N) is 1. The highest BCUT2D eigenvalue weighted by Crippen LogP contribution is 2.35. The molecular formula is C19H29NO3S. The summed E-state index contributed by atoms with van der Waals surface area (Å²) in [5.41, 5.74) is 2.20. The van der Waals surface area contributed by atoms with E-state index in [9.17, 15) is 4.79 Å². The summed E-state index contributed by atoms with van der Waals surface area (Å²) < 4.78 is 10.9. The number of methoxy groups -OCH3 is 1. The Morgan fingerprint density at radius 2 is 1.79 bits per heavy atom. The van der Waals surface area contributed by atoms with Gasteiger partial charge in [-0.3, -0.25) is 0 Å². The fourth-order valence-corrected chi connectivity index (χ4v) is 3.54. The van der Waals surface area contributed by atoms with Crippen LogP contribution in [0.3, 0.4) is 0 Å². The molecule has 1 atom stereocenters. The second-order valence-corrected chi connectivity index (χ2v) is 7.68. The number of hydrogen-bond acceptors (Lipinski definition) is 5. The highest BCUT2D eigenvalue weighted by molar-refractivity contribution is 7.18. The molecule has 2 heterocycles. The van der Waals surface area contributed by atoms with Crippen LogP contribution in [0.25, 0.3) is 10.2 Å². The molecule has 0 spiro atoms. The van der Waals surface area contributed by atoms with Crippen LogP contribution in [-0.4, -0.2) is 23.7 Å². The largest absolute Gasteiger partial charge is 0.467 e. The molecule has 0 bridgehead atoms. The number of carbonyl (C=O) groups is 1. The Morgan fingerprint density at radius 3 is 2.29 bits per heavy atom. The molecule has 1 unspecified atom stereocenters. The van der Waals surface area contributed by atoms with Crippen molar-refractivity contribution in [3.8, 4) is 0 Å². The summed E-state index contributed by atoms with van der Waals surface area (Å²) in [6, 6.07) is 2.11. The van der Waals surface area contributed by atoms with Crippen molar-refractivity contribution in [2.45, 2.75) is 67.1 Å². The lowest BCUT2D eigenvalue weighted by molar-refractivity contribution is -0.164. The zero-order chi connectivity index (χ0) is 18.7. The molecule has 0 saturated heterocycles. The van der Waals surface area contributed by atoms with Crippen LogP contribution in [-0.2, 0) is 14.3 Å². The third-order valence-corrected chi connectivity index (χ3v) is 4.40. The molecule has 2 aromatic rings. The van der Waals surface area contributed by atoms with Crippen LogP contribution in [0.1, 0.15) is 62.4 Å². The van der Waals surface area contributed by atoms with E-state index >= 15 is 0 Å². The first kappa shape index (κ1) is 20.6. The predicted molar refractivity (Wildman–Crippen MR) is 101 cm³/mol. The standard InChI is InChI=1S/C17H23NO3S.C2H6/c1-9-8-12-10(2)13(11(3)18-15(12)22-9)14(16(19)20-7)21-17(4,5)6;1-2/h8,14H,1-7H3;1-2H3. The summed E-state index contributed by atoms with van der Waals surface area (Å²) in [5, 5.41) is 1.08. The molecule has 0 amide bonds. The lowest BCUT2D eigenvalue weighted by Gasteiger charge is -2.28. The number of aryl methyl sites for hydroxylation is 3. The molecule has 134 valence electrons. The van der Waals surface area contributed by atoms with Gasteiger partial charge in [-0.05, 0) is 53.2 Å². The van der Waals surface area contributed by atoms with Crippen molar-refractivity contribution in [2.75, 3.05) is 7.11 Å². The van der Waals surface area contributed by atoms with E-state index in [-0.39, 0.29) is 0 Å². The van der Waals surface area contributed by atoms with Gasteiger partial charge in [-0.1, -0.05) is 13.8 Å². The van der Waals surface area contributed by atoms with Gasteiger partial charge in [-0.2, -0.15) is 0 Å². The smallest absolute Gasteiger partial charge is 0.339 e. The van der Waals surface area contributed by atoms with Gasteiger partial charge in [0.1, 0.15) is 4.83 Å². The van der Waals surface area contributed by atoms with Crippen molar-refractivity contribution in [2.24, 2.45) is 0 Å². The maximum absolute atomic E-state index is 12.3. The number of hydrogen-bond donors (Lipinski definition) is 0. The molecule has 0 fully saturated rings. The number of thiophene rings is 1. The van der Waals surface area contributed by atoms with Gasteiger partial charge in [0, 0.05) is 21.5 Å². The second-order valence-electron chi connectivity index (χ2n) is 6.45. The molecular weight excluding hydrogens is 322 g/mol. The van der Waals surface area contributed by atoms with E-state index in [4.69, 9.17) is 9.47 Å². The van der Waals surface area contributed by atoms with Crippen LogP contribution in [0.2, 0.25) is 0 Å². The summed E-state index contributed by atoms with van der Waals surface area (Å²) in [6.07, 6.45) is -0.762. The van der Waals surface area contributed by atoms with Crippen molar-refractivity contribution in [1.82, 2.24) is 4.98 Å². The van der Waals surface area contributed by atoms with E-state index in [2.05, 4.69) is 18.0 Å². The number of carbonyl (C=O) groups excluding carboxylic acids is 1. The molecule has 0 aliphatic carbocycles. The molecule has 2 rings (SSSR count). The highest BCUT2D eigenvalue weighted by Gasteiger charge is 2.31. The minimum atomic E-state index is -0.762. The Balaban J connectivity index is 0.00000139. The van der Waals surface area contributed by atoms with Crippen molar-refractivity contribution in [3.05, 3.63) is 27.8 Å². The first-order chi connectivity index (χ1) is 11.1. The van der Waals surface area contributed by atoms with Gasteiger partial charge < -0.3 is 9.47 Å². The van der Waals surface area contributed by atoms with E-state index < -0.39 is 17.7 Å². The molecule has 4 nitrogen and oxygen atoms in total. The molecule has 0 aliphatic heterocycles. The predicted octanol–water partition coefficient (Wildman–Crippen LogP) is 5.28. The van der Waals surface area contributed by atoms with Gasteiger partial charge in [0.25, 0.3) is 0 Å². The minimum Gasteiger partial charge on any atom is -0.467 e. The summed E-state index contributed by atoms with van der Waals surface area (Å²) in [7, 11) is 1.38. The van der Waals surface area contributed by atoms with E-state index in [1.54, 1.807) is 11.3 Å². The first-order valence-electron chi connectivity index (χ1n) is 8.27. The second kappa shape index (κ2) is 8.08. The topological polar surface area (TPSA) is 48.4 Å². The summed E-state index contributed by atoms with van der Waals surface area (Å²) in [6.45, 7) is 15.8. The number of rotatable bonds is 3. The zero-order valence-electron chi connectivity index (χ0n) is 16.2. The zero-order valence-corrected chi connectivity index (χ0v) is 17.1. The third-order valence-electron chi connectivity index (χ3n) is 3.45. The molecule has 5 heteroatoms. The van der Waals surface area contributed by atoms with Crippen molar-refractivity contribution in [3.63, 3.8) is 0 Å². The maximum Gasteiger partial charge on any atom is 0.339 e. The van der Waals surface area contributed by atoms with E-state index in [1.807, 2.05) is 48.5 Å². The molecule has 24 heavy (non-hydrogen) atoms. The van der Waals surface area contributed by atoms with Crippen molar-refractivity contribution in [1.29, 1.82) is 0 Å². The Labute approximate surface area is 149 Å². The Bertz CT molecular complexity index is 713. The fourth-order valence-electron chi connectivity index (χ4n) is 2.55. The molecule has 0 aliphatic rings. The molecule has 0 aromatic carbocycles. The lowest BCUT2D eigenvalue weighted by Crippen LogP contribution is -2.29. The van der Waals surface area contributed by atoms with Crippen molar-refractivity contribution >= 4 is 27.5 Å². The summed E-state index contributed by atoms with van der Waals surface area (Å²) >= 11 is 1.66. The quantitative estimate of drug-likeness (QED) is 0.706. The van der Waals surface area contributed by atoms with Crippen LogP contribution in [0.4, 0.5) is 0 Å². The number of aromatic nitrogens is 1. The first-order valence-corrected chi connectivity index (χ1v) is 9.08. The fraction of sp³-hybridized carbons (Fsp3) is 0.579. The average molecular weight is 352 g/mol. The van der Waals surface area contributed by atoms with Crippen LogP contribution < -0.4 is 0 Å². The lowest BCUT2D eigenvalue weighted by atomic mass is 9.98. The van der Waals surface area contributed by atoms with E-state index in [0.717, 1.165) is 27.0 Å². The van der Waals surface area contributed by atoms with Gasteiger partial charge in [0.05, 0.1) is 12.7 Å². The number of fused-ring (bicyclic) bond motifs is 1. The minimum absolute atomic E-state index is 0.394. The van der Waals surface area contributed by atoms with Crippen LogP contribution in [0.15, 0.2) is 6.07 Å². The molecule has 0 N–H and O–H groups in total. The highest BCUT2D eigenvalue weighted by atomic mass is 32.1. The van der Waals surface area contributed by atoms with Gasteiger partial charge in [0.15, 0.2) is 6.10 Å². The van der Waals surface area contributed by atoms with Crippen LogP contribution >= 0.6 is 11.3 Å². The number of pyridine rings is 1. The Hall–Kier alpha value is -1.46. The van der Waals surface area contributed by atoms with Gasteiger partial charge in [0.2, 0.25) is 0 Å². The van der Waals surface area contributed by atoms with Gasteiger partial charge in [-0.25, -0.2) is 9.78 Å². The third kappa shape index (κ3) is 4.54. The Kier molecular flexibility index (Phi) is 6.93. The molecule has 2 aromatic heterocycles. The van der Waals surface area contributed by atoms with Crippen LogP contribution in [0, 0.1) is 20.8 Å². The summed E-state index contributed by atoms with van der Waals surface area (Å²) in [4.78, 5) is 19.1. The SMILES string of the molecule is CC.COC(=O)C(OC(C)(C)C)c1c(C)nc2sc(C)cc2c1C. The van der Waals surface area contributed by atoms with E-state index in [0.29, 0.717) is 0 Å². The normalized spacial score (nSPS) is 12.5. The number of ether oxygens (including phenoxy) is 2. The summed E-state index contributed by atoms with van der Waals surface area (Å²) in [5.74, 6) is -0.394. The average Bonchev–Trinajstić information content (AvgIpc) is 2.87. The van der Waals surface area contributed by atoms with Crippen molar-refractivity contribution < 1.29 is 14.3 Å². The van der Waals surface area contributed by atoms with Gasteiger partial charge >= 0.3 is 5.97 Å². The molecule has 0 radical (unpaired) electrons. The van der Waals surface area contributed by atoms with E-state index in [1.165, 1.54) is 12.0 Å².